The third-order valence-electron chi connectivity index (χ3n) is 7.25. The summed E-state index contributed by atoms with van der Waals surface area (Å²) in [4.78, 5) is 17.1. The first-order valence-electron chi connectivity index (χ1n) is 12.9. The van der Waals surface area contributed by atoms with E-state index in [1.807, 2.05) is 24.3 Å². The van der Waals surface area contributed by atoms with Gasteiger partial charge in [0.15, 0.2) is 5.76 Å². The molecule has 2 aliphatic carbocycles. The van der Waals surface area contributed by atoms with Crippen LogP contribution in [0.15, 0.2) is 71.2 Å². The number of methoxy groups -OCH3 is 1. The molecule has 186 valence electrons. The van der Waals surface area contributed by atoms with Gasteiger partial charge in [-0.05, 0) is 61.3 Å². The molecule has 2 aliphatic rings. The monoisotopic (exact) mass is 483 g/mol. The fourth-order valence-corrected chi connectivity index (χ4v) is 5.40. The van der Waals surface area contributed by atoms with Crippen molar-refractivity contribution < 1.29 is 18.7 Å². The Kier molecular flexibility index (Phi) is 7.36. The third kappa shape index (κ3) is 5.01. The molecule has 0 spiro atoms. The molecule has 5 heteroatoms. The Morgan fingerprint density at radius 2 is 2.03 bits per heavy atom. The lowest BCUT2D eigenvalue weighted by atomic mass is 9.85. The lowest BCUT2D eigenvalue weighted by molar-refractivity contribution is -0.146. The predicted octanol–water partition coefficient (Wildman–Crippen LogP) is 6.93. The van der Waals surface area contributed by atoms with Crippen molar-refractivity contribution in [3.05, 3.63) is 89.5 Å². The van der Waals surface area contributed by atoms with E-state index in [0.29, 0.717) is 18.9 Å². The predicted molar refractivity (Wildman–Crippen MR) is 141 cm³/mol. The maximum absolute atomic E-state index is 12.2. The number of aryl methyl sites for hydroxylation is 1. The molecule has 5 nitrogen and oxygen atoms in total. The van der Waals surface area contributed by atoms with Gasteiger partial charge in [-0.2, -0.15) is 0 Å². The van der Waals surface area contributed by atoms with Gasteiger partial charge < -0.3 is 13.9 Å². The Morgan fingerprint density at radius 3 is 2.78 bits per heavy atom. The molecule has 0 fully saturated rings. The number of ether oxygens (including phenoxy) is 2. The van der Waals surface area contributed by atoms with Gasteiger partial charge in [0, 0.05) is 17.6 Å². The van der Waals surface area contributed by atoms with Gasteiger partial charge in [0.2, 0.25) is 5.89 Å². The Morgan fingerprint density at radius 1 is 1.17 bits per heavy atom. The van der Waals surface area contributed by atoms with Crippen LogP contribution in [0, 0.1) is 5.92 Å². The molecule has 0 amide bonds. The number of carbonyl (C=O) groups excluding carboxylic acids is 1. The highest BCUT2D eigenvalue weighted by Gasteiger charge is 2.34. The minimum atomic E-state index is -0.114. The molecule has 2 aromatic carbocycles. The van der Waals surface area contributed by atoms with Gasteiger partial charge in [-0.25, -0.2) is 4.98 Å². The van der Waals surface area contributed by atoms with Crippen LogP contribution in [-0.4, -0.2) is 24.7 Å². The number of hydrogen-bond donors (Lipinski definition) is 0. The first-order valence-corrected chi connectivity index (χ1v) is 12.9. The number of aromatic nitrogens is 1. The fraction of sp³-hybridized carbons (Fsp3) is 0.355. The normalized spacial score (nSPS) is 17.4. The Hall–Kier alpha value is -3.60. The molecule has 36 heavy (non-hydrogen) atoms. The number of nitrogens with zero attached hydrogens (tertiary/aromatic N) is 1. The van der Waals surface area contributed by atoms with Crippen molar-refractivity contribution in [2.75, 3.05) is 13.7 Å². The van der Waals surface area contributed by atoms with Gasteiger partial charge in [0.05, 0.1) is 25.3 Å². The van der Waals surface area contributed by atoms with E-state index < -0.39 is 0 Å². The standard InChI is InChI=1S/C31H33NO4/c1-3-25(31(33)34-2)27-16-14-23-20-24(15-17-26(23)27)35-19-18-28-29(21-10-6-4-7-11-21)36-30(32-28)22-12-8-5-9-13-22/h4,6-8,10-13,15,17,20,25,27H,3,5,9,14,16,18-19H2,1-2H3. The summed E-state index contributed by atoms with van der Waals surface area (Å²) in [6, 6.07) is 16.4. The van der Waals surface area contributed by atoms with Gasteiger partial charge in [-0.1, -0.05) is 61.5 Å². The topological polar surface area (TPSA) is 61.6 Å². The van der Waals surface area contributed by atoms with Crippen LogP contribution < -0.4 is 4.74 Å². The number of benzene rings is 2. The summed E-state index contributed by atoms with van der Waals surface area (Å²) in [6.45, 7) is 2.56. The highest BCUT2D eigenvalue weighted by Crippen LogP contribution is 2.41. The molecule has 3 aromatic rings. The molecule has 1 aromatic heterocycles. The number of fused-ring (bicyclic) bond motifs is 1. The van der Waals surface area contributed by atoms with E-state index in [4.69, 9.17) is 18.9 Å². The summed E-state index contributed by atoms with van der Waals surface area (Å²) in [6.07, 6.45) is 11.8. The lowest BCUT2D eigenvalue weighted by Gasteiger charge is -2.21. The molecule has 0 bridgehead atoms. The number of esters is 1. The third-order valence-corrected chi connectivity index (χ3v) is 7.25. The average Bonchev–Trinajstić information content (AvgIpc) is 3.55. The highest BCUT2D eigenvalue weighted by atomic mass is 16.5. The second-order valence-corrected chi connectivity index (χ2v) is 9.44. The SMILES string of the molecule is CCC(C(=O)OC)C1CCc2cc(OCCc3nc(C4=CCCC=C4)oc3-c3ccccc3)ccc21. The van der Waals surface area contributed by atoms with Crippen LogP contribution in [0.2, 0.25) is 0 Å². The summed E-state index contributed by atoms with van der Waals surface area (Å²) in [7, 11) is 1.47. The van der Waals surface area contributed by atoms with Crippen molar-refractivity contribution in [1.29, 1.82) is 0 Å². The van der Waals surface area contributed by atoms with Crippen molar-refractivity contribution in [2.45, 2.75) is 51.4 Å². The van der Waals surface area contributed by atoms with Gasteiger partial charge in [0.1, 0.15) is 5.75 Å². The number of rotatable bonds is 9. The number of hydrogen-bond acceptors (Lipinski definition) is 5. The highest BCUT2D eigenvalue weighted by molar-refractivity contribution is 5.74. The quantitative estimate of drug-likeness (QED) is 0.309. The molecule has 2 atom stereocenters. The smallest absolute Gasteiger partial charge is 0.309 e. The number of carbonyl (C=O) groups is 1. The zero-order chi connectivity index (χ0) is 24.9. The van der Waals surface area contributed by atoms with Gasteiger partial charge >= 0.3 is 5.97 Å². The van der Waals surface area contributed by atoms with Crippen molar-refractivity contribution in [3.8, 4) is 17.1 Å². The van der Waals surface area contributed by atoms with Crippen LogP contribution in [0.3, 0.4) is 0 Å². The zero-order valence-corrected chi connectivity index (χ0v) is 21.0. The average molecular weight is 484 g/mol. The Balaban J connectivity index is 1.30. The van der Waals surface area contributed by atoms with E-state index in [1.165, 1.54) is 18.2 Å². The van der Waals surface area contributed by atoms with Crippen molar-refractivity contribution in [1.82, 2.24) is 4.98 Å². The van der Waals surface area contributed by atoms with Gasteiger partial charge in [0.25, 0.3) is 0 Å². The van der Waals surface area contributed by atoms with Gasteiger partial charge in [-0.3, -0.25) is 4.79 Å². The van der Waals surface area contributed by atoms with Crippen LogP contribution in [-0.2, 0) is 22.4 Å². The summed E-state index contributed by atoms with van der Waals surface area (Å²) in [5, 5.41) is 0. The zero-order valence-electron chi connectivity index (χ0n) is 21.0. The molecular formula is C31H33NO4. The summed E-state index contributed by atoms with van der Waals surface area (Å²) < 4.78 is 17.5. The van der Waals surface area contributed by atoms with Gasteiger partial charge in [-0.15, -0.1) is 0 Å². The second kappa shape index (κ2) is 11.0. The molecule has 0 saturated carbocycles. The first kappa shape index (κ1) is 24.1. The van der Waals surface area contributed by atoms with Crippen LogP contribution in [0.5, 0.6) is 5.75 Å². The molecule has 5 rings (SSSR count). The number of allylic oxidation sites excluding steroid dienone is 4. The minimum Gasteiger partial charge on any atom is -0.493 e. The van der Waals surface area contributed by atoms with E-state index in [9.17, 15) is 4.79 Å². The summed E-state index contributed by atoms with van der Waals surface area (Å²) in [5.74, 6) is 2.34. The van der Waals surface area contributed by atoms with Crippen LogP contribution in [0.25, 0.3) is 16.9 Å². The van der Waals surface area contributed by atoms with Crippen LogP contribution in [0.1, 0.15) is 61.2 Å². The summed E-state index contributed by atoms with van der Waals surface area (Å²) in [5.41, 5.74) is 5.48. The van der Waals surface area contributed by atoms with E-state index in [-0.39, 0.29) is 17.8 Å². The van der Waals surface area contributed by atoms with E-state index in [2.05, 4.69) is 49.4 Å². The summed E-state index contributed by atoms with van der Waals surface area (Å²) >= 11 is 0. The second-order valence-electron chi connectivity index (χ2n) is 9.44. The molecule has 0 N–H and O–H groups in total. The van der Waals surface area contributed by atoms with E-state index in [0.717, 1.165) is 60.4 Å². The molecule has 0 radical (unpaired) electrons. The molecular weight excluding hydrogens is 450 g/mol. The van der Waals surface area contributed by atoms with Crippen molar-refractivity contribution in [3.63, 3.8) is 0 Å². The largest absolute Gasteiger partial charge is 0.493 e. The van der Waals surface area contributed by atoms with Crippen LogP contribution in [0.4, 0.5) is 0 Å². The maximum Gasteiger partial charge on any atom is 0.309 e. The molecule has 2 unspecified atom stereocenters. The van der Waals surface area contributed by atoms with Crippen molar-refractivity contribution in [2.24, 2.45) is 5.92 Å². The maximum atomic E-state index is 12.2. The van der Waals surface area contributed by atoms with Crippen LogP contribution >= 0.6 is 0 Å². The molecule has 0 aliphatic heterocycles. The van der Waals surface area contributed by atoms with E-state index >= 15 is 0 Å². The minimum absolute atomic E-state index is 0.0880. The fourth-order valence-electron chi connectivity index (χ4n) is 5.40. The lowest BCUT2D eigenvalue weighted by Crippen LogP contribution is -2.21. The first-order chi connectivity index (χ1) is 17.7. The number of oxazole rings is 1. The molecule has 0 saturated heterocycles. The van der Waals surface area contributed by atoms with E-state index in [1.54, 1.807) is 0 Å². The Labute approximate surface area is 212 Å². The Bertz CT molecular complexity index is 1270. The molecule has 1 heterocycles. The van der Waals surface area contributed by atoms with Crippen molar-refractivity contribution >= 4 is 11.5 Å².